The second-order valence-corrected chi connectivity index (χ2v) is 2.22. The Morgan fingerprint density at radius 3 is 2.77 bits per heavy atom. The third-order valence-electron chi connectivity index (χ3n) is 1.28. The van der Waals surface area contributed by atoms with Gasteiger partial charge in [-0.05, 0) is 6.92 Å². The molecule has 1 rings (SSSR count). The van der Waals surface area contributed by atoms with Crippen molar-refractivity contribution in [1.82, 2.24) is 9.97 Å². The Labute approximate surface area is 75.7 Å². The van der Waals surface area contributed by atoms with E-state index in [2.05, 4.69) is 9.97 Å². The van der Waals surface area contributed by atoms with E-state index < -0.39 is 5.95 Å². The highest BCUT2D eigenvalue weighted by Gasteiger charge is 1.96. The molecule has 0 fully saturated rings. The van der Waals surface area contributed by atoms with Crippen molar-refractivity contribution in [2.24, 2.45) is 0 Å². The highest BCUT2D eigenvalue weighted by Crippen LogP contribution is 2.02. The van der Waals surface area contributed by atoms with Gasteiger partial charge < -0.3 is 9.47 Å². The van der Waals surface area contributed by atoms with Crippen LogP contribution in [0.25, 0.3) is 0 Å². The van der Waals surface area contributed by atoms with E-state index >= 15 is 0 Å². The second kappa shape index (κ2) is 5.42. The van der Waals surface area contributed by atoms with Gasteiger partial charge in [0.15, 0.2) is 0 Å². The Bertz CT molecular complexity index is 240. The number of halogens is 1. The lowest BCUT2D eigenvalue weighted by atomic mass is 10.7. The molecule has 0 spiro atoms. The number of ether oxygens (including phenoxy) is 2. The molecule has 0 radical (unpaired) electrons. The summed E-state index contributed by atoms with van der Waals surface area (Å²) < 4.78 is 22.4. The Balaban J connectivity index is 2.25. The van der Waals surface area contributed by atoms with E-state index in [1.165, 1.54) is 6.20 Å². The van der Waals surface area contributed by atoms with Crippen LogP contribution in [0.3, 0.4) is 0 Å². The Morgan fingerprint density at radius 2 is 2.15 bits per heavy atom. The maximum atomic E-state index is 12.3. The van der Waals surface area contributed by atoms with Gasteiger partial charge in [0.25, 0.3) is 0 Å². The number of rotatable bonds is 5. The van der Waals surface area contributed by atoms with E-state index in [1.807, 2.05) is 6.92 Å². The van der Waals surface area contributed by atoms with Crippen molar-refractivity contribution in [3.63, 3.8) is 0 Å². The topological polar surface area (TPSA) is 44.2 Å². The summed E-state index contributed by atoms with van der Waals surface area (Å²) in [4.78, 5) is 7.04. The molecule has 1 aromatic rings. The first-order valence-corrected chi connectivity index (χ1v) is 4.01. The summed E-state index contributed by atoms with van der Waals surface area (Å²) in [5, 5.41) is 0. The molecule has 1 aromatic heterocycles. The summed E-state index contributed by atoms with van der Waals surface area (Å²) in [7, 11) is 0. The zero-order valence-corrected chi connectivity index (χ0v) is 7.36. The fraction of sp³-hybridized carbons (Fsp3) is 0.500. The zero-order chi connectivity index (χ0) is 9.52. The molecule has 0 unspecified atom stereocenters. The molecule has 0 bridgehead atoms. The van der Waals surface area contributed by atoms with Crippen LogP contribution in [0.2, 0.25) is 0 Å². The predicted octanol–water partition coefficient (Wildman–Crippen LogP) is 1.03. The third kappa shape index (κ3) is 3.80. The summed E-state index contributed by atoms with van der Waals surface area (Å²) in [5.41, 5.74) is 0. The smallest absolute Gasteiger partial charge is 0.232 e. The normalized spacial score (nSPS) is 10.0. The lowest BCUT2D eigenvalue weighted by molar-refractivity contribution is 0.108. The van der Waals surface area contributed by atoms with E-state index in [9.17, 15) is 4.39 Å². The maximum Gasteiger partial charge on any atom is 0.232 e. The highest BCUT2D eigenvalue weighted by atomic mass is 19.1. The Hall–Kier alpha value is -1.23. The van der Waals surface area contributed by atoms with Gasteiger partial charge in [0, 0.05) is 6.61 Å². The largest absolute Gasteiger partial charge is 0.474 e. The highest BCUT2D eigenvalue weighted by molar-refractivity contribution is 5.01. The van der Waals surface area contributed by atoms with Gasteiger partial charge in [0.1, 0.15) is 6.61 Å². The standard InChI is InChI=1S/C8H11FN2O2/c1-2-12-3-4-13-8-6-10-7(9)5-11-8/h5-6H,2-4H2,1H3. The zero-order valence-electron chi connectivity index (χ0n) is 7.36. The first kappa shape index (κ1) is 9.85. The monoisotopic (exact) mass is 186 g/mol. The Morgan fingerprint density at radius 1 is 1.31 bits per heavy atom. The first-order valence-electron chi connectivity index (χ1n) is 4.01. The van der Waals surface area contributed by atoms with Crippen molar-refractivity contribution in [2.45, 2.75) is 6.92 Å². The molecule has 0 amide bonds. The Kier molecular flexibility index (Phi) is 4.11. The van der Waals surface area contributed by atoms with Crippen molar-refractivity contribution in [1.29, 1.82) is 0 Å². The minimum absolute atomic E-state index is 0.307. The van der Waals surface area contributed by atoms with E-state index in [4.69, 9.17) is 9.47 Å². The van der Waals surface area contributed by atoms with Gasteiger partial charge in [-0.25, -0.2) is 9.97 Å². The van der Waals surface area contributed by atoms with Gasteiger partial charge in [0.2, 0.25) is 11.8 Å². The molecule has 5 heteroatoms. The molecular weight excluding hydrogens is 175 g/mol. The van der Waals surface area contributed by atoms with Crippen LogP contribution in [0.5, 0.6) is 5.88 Å². The molecule has 4 nitrogen and oxygen atoms in total. The van der Waals surface area contributed by atoms with E-state index in [0.29, 0.717) is 25.7 Å². The van der Waals surface area contributed by atoms with Crippen LogP contribution in [-0.4, -0.2) is 29.8 Å². The summed E-state index contributed by atoms with van der Waals surface area (Å²) >= 11 is 0. The van der Waals surface area contributed by atoms with Crippen LogP contribution in [0, 0.1) is 5.95 Å². The third-order valence-corrected chi connectivity index (χ3v) is 1.28. The van der Waals surface area contributed by atoms with Crippen molar-refractivity contribution < 1.29 is 13.9 Å². The van der Waals surface area contributed by atoms with Gasteiger partial charge in [-0.15, -0.1) is 0 Å². The average molecular weight is 186 g/mol. The summed E-state index contributed by atoms with van der Waals surface area (Å²) in [6.07, 6.45) is 2.25. The molecule has 0 aliphatic heterocycles. The molecule has 0 saturated heterocycles. The van der Waals surface area contributed by atoms with Crippen LogP contribution in [-0.2, 0) is 4.74 Å². The SMILES string of the molecule is CCOCCOc1cnc(F)cn1. The summed E-state index contributed by atoms with van der Waals surface area (Å²) in [6, 6.07) is 0. The van der Waals surface area contributed by atoms with Crippen LogP contribution in [0.4, 0.5) is 4.39 Å². The van der Waals surface area contributed by atoms with Crippen molar-refractivity contribution in [2.75, 3.05) is 19.8 Å². The van der Waals surface area contributed by atoms with Gasteiger partial charge in [-0.1, -0.05) is 0 Å². The fourth-order valence-corrected chi connectivity index (χ4v) is 0.724. The molecule has 0 aliphatic rings. The van der Waals surface area contributed by atoms with Gasteiger partial charge in [0.05, 0.1) is 19.0 Å². The number of aromatic nitrogens is 2. The van der Waals surface area contributed by atoms with E-state index in [-0.39, 0.29) is 0 Å². The minimum Gasteiger partial charge on any atom is -0.474 e. The van der Waals surface area contributed by atoms with Gasteiger partial charge >= 0.3 is 0 Å². The quantitative estimate of drug-likeness (QED) is 0.644. The fourth-order valence-electron chi connectivity index (χ4n) is 0.724. The van der Waals surface area contributed by atoms with Gasteiger partial charge in [-0.2, -0.15) is 4.39 Å². The molecular formula is C8H11FN2O2. The van der Waals surface area contributed by atoms with E-state index in [0.717, 1.165) is 6.20 Å². The lowest BCUT2D eigenvalue weighted by Crippen LogP contribution is -2.07. The van der Waals surface area contributed by atoms with Crippen LogP contribution in [0.1, 0.15) is 6.92 Å². The molecule has 0 N–H and O–H groups in total. The first-order chi connectivity index (χ1) is 6.33. The number of nitrogens with zero attached hydrogens (tertiary/aromatic N) is 2. The predicted molar refractivity (Wildman–Crippen MR) is 44.0 cm³/mol. The van der Waals surface area contributed by atoms with Crippen LogP contribution >= 0.6 is 0 Å². The molecule has 72 valence electrons. The molecule has 0 atom stereocenters. The molecule has 0 aliphatic carbocycles. The van der Waals surface area contributed by atoms with Crippen LogP contribution in [0.15, 0.2) is 12.4 Å². The molecule has 0 saturated carbocycles. The molecule has 0 aromatic carbocycles. The van der Waals surface area contributed by atoms with E-state index in [1.54, 1.807) is 0 Å². The molecule has 13 heavy (non-hydrogen) atoms. The van der Waals surface area contributed by atoms with Crippen LogP contribution < -0.4 is 4.74 Å². The number of hydrogen-bond acceptors (Lipinski definition) is 4. The van der Waals surface area contributed by atoms with Gasteiger partial charge in [-0.3, -0.25) is 0 Å². The summed E-state index contributed by atoms with van der Waals surface area (Å²) in [5.74, 6) is -0.307. The van der Waals surface area contributed by atoms with Crippen molar-refractivity contribution >= 4 is 0 Å². The van der Waals surface area contributed by atoms with Crippen molar-refractivity contribution in [3.8, 4) is 5.88 Å². The van der Waals surface area contributed by atoms with Crippen molar-refractivity contribution in [3.05, 3.63) is 18.3 Å². The minimum atomic E-state index is -0.614. The second-order valence-electron chi connectivity index (χ2n) is 2.22. The maximum absolute atomic E-state index is 12.3. The lowest BCUT2D eigenvalue weighted by Gasteiger charge is -2.03. The molecule has 1 heterocycles. The average Bonchev–Trinajstić information content (AvgIpc) is 2.15. The summed E-state index contributed by atoms with van der Waals surface area (Å²) in [6.45, 7) is 3.44. The number of hydrogen-bond donors (Lipinski definition) is 0.